The molecule has 0 atom stereocenters. The second kappa shape index (κ2) is 3.20. The van der Waals surface area contributed by atoms with Crippen LogP contribution in [-0.4, -0.2) is 7.99 Å². The van der Waals surface area contributed by atoms with Gasteiger partial charge < -0.3 is 0 Å². The number of rotatable bonds is 2. The molecule has 0 bridgehead atoms. The molecule has 0 aromatic carbocycles. The molecule has 0 radical (unpaired) electrons. The van der Waals surface area contributed by atoms with Crippen LogP contribution in [-0.2, 0) is 6.42 Å². The molecule has 0 unspecified atom stereocenters. The van der Waals surface area contributed by atoms with Crippen molar-refractivity contribution in [3.63, 3.8) is 0 Å². The van der Waals surface area contributed by atoms with Gasteiger partial charge in [-0.3, -0.25) is 0 Å². The van der Waals surface area contributed by atoms with Crippen LogP contribution in [0.3, 0.4) is 0 Å². The predicted molar refractivity (Wildman–Crippen MR) is 45.6 cm³/mol. The molecule has 1 rings (SSSR count). The molecule has 1 heterocycles. The average molecular weight is 236 g/mol. The first kappa shape index (κ1) is 7.05. The maximum absolute atomic E-state index is 4.04. The monoisotopic (exact) mass is 236 g/mol. The largest absolute Gasteiger partial charge is 0.208 e. The summed E-state index contributed by atoms with van der Waals surface area (Å²) in [6.45, 7) is 2.17. The number of aromatic nitrogens is 2. The number of hydrogen-bond acceptors (Lipinski definition) is 1. The lowest BCUT2D eigenvalue weighted by Crippen LogP contribution is -1.89. The molecule has 0 saturated carbocycles. The van der Waals surface area contributed by atoms with Gasteiger partial charge in [-0.25, -0.2) is 2.90 Å². The summed E-state index contributed by atoms with van der Waals surface area (Å²) in [5.74, 6) is 0. The molecule has 50 valence electrons. The van der Waals surface area contributed by atoms with Gasteiger partial charge in [0.05, 0.1) is 29.1 Å². The van der Waals surface area contributed by atoms with Crippen molar-refractivity contribution < 1.29 is 0 Å². The summed E-state index contributed by atoms with van der Waals surface area (Å²) in [5.41, 5.74) is 1.30. The lowest BCUT2D eigenvalue weighted by molar-refractivity contribution is 0.855. The number of nitrogens with zero attached hydrogens (tertiary/aromatic N) is 2. The van der Waals surface area contributed by atoms with E-state index in [1.165, 1.54) is 12.1 Å². The first-order valence-corrected chi connectivity index (χ1v) is 4.00. The first-order chi connectivity index (χ1) is 4.34. The van der Waals surface area contributed by atoms with Crippen LogP contribution in [0, 0.1) is 0 Å². The SMILES string of the molecule is CCCc1ccnn1I. The molecule has 9 heavy (non-hydrogen) atoms. The molecular formula is C6H9IN2. The van der Waals surface area contributed by atoms with E-state index in [4.69, 9.17) is 0 Å². The Hall–Kier alpha value is -0.0600. The third-order valence-corrected chi connectivity index (χ3v) is 2.05. The average Bonchev–Trinajstić information content (AvgIpc) is 2.18. The Morgan fingerprint density at radius 3 is 3.00 bits per heavy atom. The summed E-state index contributed by atoms with van der Waals surface area (Å²) in [5, 5.41) is 4.04. The van der Waals surface area contributed by atoms with Crippen molar-refractivity contribution in [1.82, 2.24) is 7.99 Å². The van der Waals surface area contributed by atoms with Crippen LogP contribution in [0.15, 0.2) is 12.3 Å². The lowest BCUT2D eigenvalue weighted by atomic mass is 10.3. The lowest BCUT2D eigenvalue weighted by Gasteiger charge is -1.93. The second-order valence-electron chi connectivity index (χ2n) is 1.93. The molecule has 0 aliphatic rings. The fourth-order valence-electron chi connectivity index (χ4n) is 0.745. The van der Waals surface area contributed by atoms with E-state index in [0.717, 1.165) is 6.42 Å². The molecule has 3 heteroatoms. The van der Waals surface area contributed by atoms with Crippen LogP contribution in [0.25, 0.3) is 0 Å². The zero-order chi connectivity index (χ0) is 6.69. The Morgan fingerprint density at radius 1 is 1.78 bits per heavy atom. The highest BCUT2D eigenvalue weighted by atomic mass is 127. The number of halogens is 1. The third-order valence-electron chi connectivity index (χ3n) is 1.18. The quantitative estimate of drug-likeness (QED) is 0.718. The maximum atomic E-state index is 4.04. The first-order valence-electron chi connectivity index (χ1n) is 3.03. The molecule has 0 fully saturated rings. The van der Waals surface area contributed by atoms with Crippen molar-refractivity contribution >= 4 is 22.9 Å². The van der Waals surface area contributed by atoms with E-state index in [1.807, 2.05) is 9.09 Å². The van der Waals surface area contributed by atoms with E-state index in [0.29, 0.717) is 0 Å². The third kappa shape index (κ3) is 1.67. The Kier molecular flexibility index (Phi) is 2.50. The molecule has 0 saturated heterocycles. The van der Waals surface area contributed by atoms with Gasteiger partial charge in [0.15, 0.2) is 0 Å². The normalized spacial score (nSPS) is 10.0. The summed E-state index contributed by atoms with van der Waals surface area (Å²) in [7, 11) is 0. The van der Waals surface area contributed by atoms with Crippen LogP contribution >= 0.6 is 22.9 Å². The topological polar surface area (TPSA) is 17.8 Å². The highest BCUT2D eigenvalue weighted by Gasteiger charge is 1.94. The highest BCUT2D eigenvalue weighted by molar-refractivity contribution is 14.1. The number of aryl methyl sites for hydroxylation is 1. The highest BCUT2D eigenvalue weighted by Crippen LogP contribution is 2.04. The smallest absolute Gasteiger partial charge is 0.0846 e. The summed E-state index contributed by atoms with van der Waals surface area (Å²) in [6.07, 6.45) is 4.15. The molecule has 0 amide bonds. The van der Waals surface area contributed by atoms with Crippen LogP contribution in [0.2, 0.25) is 0 Å². The van der Waals surface area contributed by atoms with Gasteiger partial charge in [0.2, 0.25) is 0 Å². The molecule has 1 aromatic rings. The predicted octanol–water partition coefficient (Wildman–Crippen LogP) is 2.03. The molecule has 0 aliphatic carbocycles. The minimum atomic E-state index is 1.13. The zero-order valence-corrected chi connectivity index (χ0v) is 7.50. The van der Waals surface area contributed by atoms with Crippen molar-refractivity contribution in [3.8, 4) is 0 Å². The van der Waals surface area contributed by atoms with Crippen molar-refractivity contribution in [1.29, 1.82) is 0 Å². The minimum Gasteiger partial charge on any atom is -0.208 e. The van der Waals surface area contributed by atoms with Crippen LogP contribution in [0.4, 0.5) is 0 Å². The van der Waals surface area contributed by atoms with E-state index in [9.17, 15) is 0 Å². The van der Waals surface area contributed by atoms with Crippen molar-refractivity contribution in [2.45, 2.75) is 19.8 Å². The van der Waals surface area contributed by atoms with Gasteiger partial charge in [0, 0.05) is 5.69 Å². The van der Waals surface area contributed by atoms with Crippen molar-refractivity contribution in [2.75, 3.05) is 0 Å². The standard InChI is InChI=1S/C6H9IN2/c1-2-3-6-4-5-8-9(6)7/h4-5H,2-3H2,1H3. The van der Waals surface area contributed by atoms with Gasteiger partial charge in [-0.15, -0.1) is 0 Å². The summed E-state index contributed by atoms with van der Waals surface area (Å²) in [4.78, 5) is 0. The van der Waals surface area contributed by atoms with E-state index in [2.05, 4.69) is 41.0 Å². The molecule has 0 N–H and O–H groups in total. The fraction of sp³-hybridized carbons (Fsp3) is 0.500. The van der Waals surface area contributed by atoms with Crippen molar-refractivity contribution in [3.05, 3.63) is 18.0 Å². The Bertz CT molecular complexity index is 183. The van der Waals surface area contributed by atoms with Crippen LogP contribution in [0.5, 0.6) is 0 Å². The van der Waals surface area contributed by atoms with Gasteiger partial charge in [-0.1, -0.05) is 13.3 Å². The molecular weight excluding hydrogens is 227 g/mol. The maximum Gasteiger partial charge on any atom is 0.0846 e. The Balaban J connectivity index is 2.69. The number of hydrogen-bond donors (Lipinski definition) is 0. The van der Waals surface area contributed by atoms with Gasteiger partial charge in [0.25, 0.3) is 0 Å². The molecule has 0 aliphatic heterocycles. The van der Waals surface area contributed by atoms with Crippen LogP contribution < -0.4 is 0 Å². The summed E-state index contributed by atoms with van der Waals surface area (Å²) >= 11 is 2.18. The summed E-state index contributed by atoms with van der Waals surface area (Å²) in [6, 6.07) is 2.05. The van der Waals surface area contributed by atoms with Crippen LogP contribution in [0.1, 0.15) is 19.0 Å². The fourth-order valence-corrected chi connectivity index (χ4v) is 1.29. The molecule has 1 aromatic heterocycles. The van der Waals surface area contributed by atoms with Gasteiger partial charge >= 0.3 is 0 Å². The van der Waals surface area contributed by atoms with Gasteiger partial charge in [-0.05, 0) is 12.5 Å². The Labute approximate surface area is 68.8 Å². The van der Waals surface area contributed by atoms with Crippen molar-refractivity contribution in [2.24, 2.45) is 0 Å². The Morgan fingerprint density at radius 2 is 2.56 bits per heavy atom. The van der Waals surface area contributed by atoms with Gasteiger partial charge in [-0.2, -0.15) is 5.10 Å². The van der Waals surface area contributed by atoms with E-state index >= 15 is 0 Å². The summed E-state index contributed by atoms with van der Waals surface area (Å²) < 4.78 is 1.89. The second-order valence-corrected chi connectivity index (χ2v) is 2.85. The minimum absolute atomic E-state index is 1.13. The molecule has 2 nitrogen and oxygen atoms in total. The zero-order valence-electron chi connectivity index (χ0n) is 5.34. The van der Waals surface area contributed by atoms with Gasteiger partial charge in [0.1, 0.15) is 0 Å². The molecule has 0 spiro atoms. The van der Waals surface area contributed by atoms with E-state index < -0.39 is 0 Å². The van der Waals surface area contributed by atoms with E-state index in [1.54, 1.807) is 0 Å². The van der Waals surface area contributed by atoms with E-state index in [-0.39, 0.29) is 0 Å².